The van der Waals surface area contributed by atoms with Crippen molar-refractivity contribution in [3.8, 4) is 0 Å². The number of carboxylic acids is 1. The molecule has 0 bridgehead atoms. The number of aromatic nitrogens is 2. The zero-order chi connectivity index (χ0) is 25.7. The highest BCUT2D eigenvalue weighted by molar-refractivity contribution is 6.04. The van der Waals surface area contributed by atoms with Crippen molar-refractivity contribution in [3.63, 3.8) is 0 Å². The van der Waals surface area contributed by atoms with Gasteiger partial charge in [-0.15, -0.1) is 0 Å². The summed E-state index contributed by atoms with van der Waals surface area (Å²) in [5.74, 6) is -2.44. The molecule has 0 unspecified atom stereocenters. The van der Waals surface area contributed by atoms with Gasteiger partial charge >= 0.3 is 5.97 Å². The van der Waals surface area contributed by atoms with Crippen molar-refractivity contribution in [3.05, 3.63) is 73.1 Å². The molecule has 4 N–H and O–H groups in total. The summed E-state index contributed by atoms with van der Waals surface area (Å²) in [6.45, 7) is 1.84. The van der Waals surface area contributed by atoms with E-state index in [9.17, 15) is 19.5 Å². The smallest absolute Gasteiger partial charge is 0.303 e. The van der Waals surface area contributed by atoms with E-state index in [2.05, 4.69) is 15.3 Å². The highest BCUT2D eigenvalue weighted by atomic mass is 16.4. The van der Waals surface area contributed by atoms with Gasteiger partial charge in [-0.3, -0.25) is 24.4 Å². The Labute approximate surface area is 208 Å². The molecule has 0 saturated heterocycles. The fourth-order valence-electron chi connectivity index (χ4n) is 4.41. The quantitative estimate of drug-likeness (QED) is 0.290. The summed E-state index contributed by atoms with van der Waals surface area (Å²) in [5.41, 5.74) is 6.19. The van der Waals surface area contributed by atoms with E-state index in [0.717, 1.165) is 10.8 Å². The Bertz CT molecular complexity index is 1350. The topological polar surface area (TPSA) is 139 Å². The van der Waals surface area contributed by atoms with Gasteiger partial charge in [0.2, 0.25) is 5.91 Å². The summed E-state index contributed by atoms with van der Waals surface area (Å²) in [6, 6.07) is 18.3. The molecule has 0 spiro atoms. The lowest BCUT2D eigenvalue weighted by Crippen LogP contribution is -2.67. The van der Waals surface area contributed by atoms with Gasteiger partial charge in [0, 0.05) is 42.4 Å². The van der Waals surface area contributed by atoms with Crippen molar-refractivity contribution in [1.29, 1.82) is 0 Å². The third-order valence-corrected chi connectivity index (χ3v) is 6.02. The predicted molar refractivity (Wildman–Crippen MR) is 137 cm³/mol. The Morgan fingerprint density at radius 3 is 1.89 bits per heavy atom. The fraction of sp³-hybridized carbons (Fsp3) is 0.222. The van der Waals surface area contributed by atoms with Gasteiger partial charge < -0.3 is 21.1 Å². The Kier molecular flexibility index (Phi) is 7.10. The van der Waals surface area contributed by atoms with Crippen LogP contribution < -0.4 is 16.0 Å². The number of nitrogens with zero attached hydrogens (tertiary/aromatic N) is 3. The highest BCUT2D eigenvalue weighted by Crippen LogP contribution is 2.41. The van der Waals surface area contributed by atoms with Crippen LogP contribution >= 0.6 is 0 Å². The first kappa shape index (κ1) is 24.6. The molecule has 0 aliphatic carbocycles. The second kappa shape index (κ2) is 10.4. The van der Waals surface area contributed by atoms with Crippen LogP contribution in [0.1, 0.15) is 32.6 Å². The lowest BCUT2D eigenvalue weighted by Gasteiger charge is -2.43. The number of carboxylic acid groups (broad SMARTS) is 1. The molecule has 0 aliphatic rings. The van der Waals surface area contributed by atoms with Crippen LogP contribution in [0.2, 0.25) is 0 Å². The van der Waals surface area contributed by atoms with Gasteiger partial charge in [0.1, 0.15) is 0 Å². The number of para-hydroxylation sites is 2. The van der Waals surface area contributed by atoms with Crippen molar-refractivity contribution in [2.75, 3.05) is 4.90 Å². The molecule has 0 aliphatic heterocycles. The average Bonchev–Trinajstić information content (AvgIpc) is 2.87. The van der Waals surface area contributed by atoms with Crippen LogP contribution in [0.15, 0.2) is 73.1 Å². The molecule has 9 heteroatoms. The maximum Gasteiger partial charge on any atom is 0.303 e. The predicted octanol–water partition coefficient (Wildman–Crippen LogP) is 3.88. The number of carbonyl (C=O) groups is 3. The molecular formula is C27H27N5O4. The van der Waals surface area contributed by atoms with Crippen molar-refractivity contribution in [2.45, 2.75) is 38.3 Å². The largest absolute Gasteiger partial charge is 0.481 e. The lowest BCUT2D eigenvalue weighted by molar-refractivity contribution is -0.139. The molecule has 2 aromatic carbocycles. The minimum absolute atomic E-state index is 0.136. The first-order valence-corrected chi connectivity index (χ1v) is 11.7. The van der Waals surface area contributed by atoms with Crippen LogP contribution in [0.5, 0.6) is 0 Å². The second-order valence-corrected chi connectivity index (χ2v) is 8.46. The van der Waals surface area contributed by atoms with E-state index in [1.54, 1.807) is 41.6 Å². The molecule has 184 valence electrons. The molecular weight excluding hydrogens is 458 g/mol. The van der Waals surface area contributed by atoms with E-state index in [4.69, 9.17) is 5.73 Å². The van der Waals surface area contributed by atoms with Crippen LogP contribution in [0.4, 0.5) is 11.4 Å². The average molecular weight is 486 g/mol. The van der Waals surface area contributed by atoms with Crippen molar-refractivity contribution >= 4 is 51.0 Å². The number of hydrogen-bond acceptors (Lipinski definition) is 6. The number of nitrogens with two attached hydrogens (primary N) is 1. The molecule has 4 aromatic rings. The molecule has 36 heavy (non-hydrogen) atoms. The van der Waals surface area contributed by atoms with E-state index < -0.39 is 29.9 Å². The summed E-state index contributed by atoms with van der Waals surface area (Å²) >= 11 is 0. The molecule has 9 nitrogen and oxygen atoms in total. The van der Waals surface area contributed by atoms with Crippen LogP contribution in [0.3, 0.4) is 0 Å². The summed E-state index contributed by atoms with van der Waals surface area (Å²) in [5, 5.41) is 14.0. The van der Waals surface area contributed by atoms with Crippen LogP contribution in [-0.4, -0.2) is 38.5 Å². The number of amides is 2. The van der Waals surface area contributed by atoms with Crippen molar-refractivity contribution in [1.82, 2.24) is 15.3 Å². The molecule has 0 saturated carbocycles. The van der Waals surface area contributed by atoms with Gasteiger partial charge in [-0.25, -0.2) is 0 Å². The number of nitrogens with one attached hydrogen (secondary N) is 1. The standard InChI is InChI=1S/C27H27N5O4/c1-2-7-22(33)31-27(26(28)36,15-14-23(34)35)32(20-12-3-8-18-10-5-16-29-24(18)20)21-13-4-9-19-11-6-17-30-25(19)21/h3-6,8-13,16-17H,2,7,14-15H2,1H3,(H2,28,36)(H,31,33)(H,34,35)/t27-/m0/s1. The Hall–Kier alpha value is -4.53. The molecule has 4 rings (SSSR count). The Morgan fingerprint density at radius 1 is 0.889 bits per heavy atom. The Balaban J connectivity index is 2.09. The van der Waals surface area contributed by atoms with E-state index in [1.165, 1.54) is 0 Å². The number of primary amides is 1. The second-order valence-electron chi connectivity index (χ2n) is 8.46. The molecule has 1 atom stereocenters. The number of anilines is 2. The molecule has 2 aromatic heterocycles. The number of hydrogen-bond donors (Lipinski definition) is 3. The first-order valence-electron chi connectivity index (χ1n) is 11.7. The van der Waals surface area contributed by atoms with Crippen LogP contribution in [0, 0.1) is 0 Å². The van der Waals surface area contributed by atoms with Gasteiger partial charge in [0.25, 0.3) is 5.91 Å². The summed E-state index contributed by atoms with van der Waals surface area (Å²) < 4.78 is 0. The van der Waals surface area contributed by atoms with Gasteiger partial charge in [0.15, 0.2) is 5.66 Å². The van der Waals surface area contributed by atoms with E-state index >= 15 is 0 Å². The van der Waals surface area contributed by atoms with Crippen LogP contribution in [0.25, 0.3) is 21.8 Å². The normalized spacial score (nSPS) is 12.7. The number of aliphatic carboxylic acids is 1. The van der Waals surface area contributed by atoms with Gasteiger partial charge in [-0.1, -0.05) is 43.3 Å². The zero-order valence-electron chi connectivity index (χ0n) is 19.8. The van der Waals surface area contributed by atoms with E-state index in [-0.39, 0.29) is 12.8 Å². The minimum atomic E-state index is -1.91. The van der Waals surface area contributed by atoms with Crippen molar-refractivity contribution in [2.24, 2.45) is 5.73 Å². The highest BCUT2D eigenvalue weighted by Gasteiger charge is 2.46. The maximum absolute atomic E-state index is 13.4. The number of rotatable bonds is 10. The van der Waals surface area contributed by atoms with E-state index in [1.807, 2.05) is 43.3 Å². The zero-order valence-corrected chi connectivity index (χ0v) is 19.8. The van der Waals surface area contributed by atoms with Gasteiger partial charge in [-0.2, -0.15) is 0 Å². The maximum atomic E-state index is 13.4. The molecule has 2 amide bonds. The number of carbonyl (C=O) groups excluding carboxylic acids is 2. The lowest BCUT2D eigenvalue weighted by atomic mass is 9.96. The molecule has 0 fully saturated rings. The van der Waals surface area contributed by atoms with E-state index in [0.29, 0.717) is 28.8 Å². The minimum Gasteiger partial charge on any atom is -0.481 e. The Morgan fingerprint density at radius 2 is 1.42 bits per heavy atom. The van der Waals surface area contributed by atoms with Crippen molar-refractivity contribution < 1.29 is 19.5 Å². The summed E-state index contributed by atoms with van der Waals surface area (Å²) in [6.07, 6.45) is 3.24. The summed E-state index contributed by atoms with van der Waals surface area (Å²) in [7, 11) is 0. The van der Waals surface area contributed by atoms with Crippen LogP contribution in [-0.2, 0) is 14.4 Å². The third kappa shape index (κ3) is 4.68. The fourth-order valence-corrected chi connectivity index (χ4v) is 4.41. The first-order chi connectivity index (χ1) is 17.4. The number of benzene rings is 2. The SMILES string of the molecule is CCCC(=O)N[C@](CCC(=O)O)(C(N)=O)N(c1cccc2cccnc12)c1cccc2cccnc12. The number of pyridine rings is 2. The monoisotopic (exact) mass is 485 g/mol. The summed E-state index contributed by atoms with van der Waals surface area (Å²) in [4.78, 5) is 48.7. The van der Waals surface area contributed by atoms with Gasteiger partial charge in [-0.05, 0) is 30.7 Å². The van der Waals surface area contributed by atoms with Gasteiger partial charge in [0.05, 0.1) is 22.4 Å². The third-order valence-electron chi connectivity index (χ3n) is 6.02. The number of fused-ring (bicyclic) bond motifs is 2. The molecule has 2 heterocycles. The molecule has 0 radical (unpaired) electrons.